The van der Waals surface area contributed by atoms with Gasteiger partial charge in [-0.2, -0.15) is 0 Å². The fourth-order valence-corrected chi connectivity index (χ4v) is 2.57. The van der Waals surface area contributed by atoms with Crippen LogP contribution in [0.4, 0.5) is 10.5 Å². The summed E-state index contributed by atoms with van der Waals surface area (Å²) in [6.07, 6.45) is 1.71. The molecule has 1 fully saturated rings. The predicted molar refractivity (Wildman–Crippen MR) is 78.8 cm³/mol. The quantitative estimate of drug-likeness (QED) is 0.798. The van der Waals surface area contributed by atoms with Crippen molar-refractivity contribution in [2.75, 3.05) is 25.0 Å². The van der Waals surface area contributed by atoms with Crippen LogP contribution < -0.4 is 5.32 Å². The van der Waals surface area contributed by atoms with Gasteiger partial charge in [-0.15, -0.1) is 0 Å². The van der Waals surface area contributed by atoms with E-state index in [2.05, 4.69) is 5.32 Å². The summed E-state index contributed by atoms with van der Waals surface area (Å²) in [4.78, 5) is 25.0. The van der Waals surface area contributed by atoms with E-state index in [1.165, 1.54) is 18.2 Å². The first-order valence-electron chi connectivity index (χ1n) is 6.71. The van der Waals surface area contributed by atoms with Gasteiger partial charge < -0.3 is 20.4 Å². The molecule has 1 aromatic carbocycles. The van der Waals surface area contributed by atoms with Crippen LogP contribution in [0.2, 0.25) is 5.02 Å². The Kier molecular flexibility index (Phi) is 5.03. The van der Waals surface area contributed by atoms with Gasteiger partial charge in [-0.05, 0) is 37.0 Å². The highest BCUT2D eigenvalue weighted by atomic mass is 35.5. The molecule has 1 aliphatic heterocycles. The molecule has 2 rings (SSSR count). The monoisotopic (exact) mass is 312 g/mol. The number of amides is 2. The number of carbonyl (C=O) groups is 2. The molecule has 1 saturated heterocycles. The van der Waals surface area contributed by atoms with Gasteiger partial charge in [0.2, 0.25) is 0 Å². The summed E-state index contributed by atoms with van der Waals surface area (Å²) in [6, 6.07) is 3.93. The zero-order valence-corrected chi connectivity index (χ0v) is 12.1. The van der Waals surface area contributed by atoms with Crippen LogP contribution in [-0.4, -0.2) is 46.8 Å². The maximum Gasteiger partial charge on any atom is 0.337 e. The zero-order chi connectivity index (χ0) is 15.4. The average molecular weight is 313 g/mol. The molecule has 114 valence electrons. The molecule has 0 spiro atoms. The molecule has 21 heavy (non-hydrogen) atoms. The summed E-state index contributed by atoms with van der Waals surface area (Å²) >= 11 is 5.77. The molecular formula is C14H17ClN2O4. The summed E-state index contributed by atoms with van der Waals surface area (Å²) in [6.45, 7) is 1.11. The van der Waals surface area contributed by atoms with Crippen molar-refractivity contribution in [3.05, 3.63) is 28.8 Å². The lowest BCUT2D eigenvalue weighted by atomic mass is 9.99. The van der Waals surface area contributed by atoms with Crippen molar-refractivity contribution >= 4 is 29.3 Å². The minimum atomic E-state index is -1.15. The third kappa shape index (κ3) is 3.86. The van der Waals surface area contributed by atoms with E-state index >= 15 is 0 Å². The van der Waals surface area contributed by atoms with Gasteiger partial charge in [0.1, 0.15) is 0 Å². The lowest BCUT2D eigenvalue weighted by molar-refractivity contribution is 0.0698. The molecule has 7 heteroatoms. The first-order valence-corrected chi connectivity index (χ1v) is 7.08. The van der Waals surface area contributed by atoms with E-state index in [1.54, 1.807) is 4.90 Å². The number of likely N-dealkylation sites (tertiary alicyclic amines) is 1. The van der Waals surface area contributed by atoms with Crippen molar-refractivity contribution in [3.8, 4) is 0 Å². The van der Waals surface area contributed by atoms with Gasteiger partial charge in [0.05, 0.1) is 11.3 Å². The van der Waals surface area contributed by atoms with Crippen LogP contribution in [0.5, 0.6) is 0 Å². The summed E-state index contributed by atoms with van der Waals surface area (Å²) < 4.78 is 0. The van der Waals surface area contributed by atoms with Crippen molar-refractivity contribution in [3.63, 3.8) is 0 Å². The average Bonchev–Trinajstić information content (AvgIpc) is 2.48. The highest BCUT2D eigenvalue weighted by molar-refractivity contribution is 6.31. The number of carboxylic acids is 1. The number of piperidine rings is 1. The predicted octanol–water partition coefficient (Wildman–Crippen LogP) is 2.27. The first-order chi connectivity index (χ1) is 10.0. The molecule has 2 amide bonds. The van der Waals surface area contributed by atoms with E-state index in [1.807, 2.05) is 0 Å². The number of anilines is 1. The van der Waals surface area contributed by atoms with Gasteiger partial charge in [0.25, 0.3) is 0 Å². The van der Waals surface area contributed by atoms with Crippen molar-refractivity contribution < 1.29 is 19.8 Å². The number of nitrogens with zero attached hydrogens (tertiary/aromatic N) is 1. The Morgan fingerprint density at radius 3 is 2.86 bits per heavy atom. The van der Waals surface area contributed by atoms with E-state index in [0.717, 1.165) is 12.8 Å². The molecule has 1 aromatic rings. The van der Waals surface area contributed by atoms with Crippen LogP contribution in [0.15, 0.2) is 18.2 Å². The maximum absolute atomic E-state index is 12.2. The van der Waals surface area contributed by atoms with Crippen molar-refractivity contribution in [2.24, 2.45) is 5.92 Å². The molecule has 0 aliphatic carbocycles. The molecule has 0 radical (unpaired) electrons. The summed E-state index contributed by atoms with van der Waals surface area (Å²) in [5.74, 6) is -1.08. The fourth-order valence-electron chi connectivity index (χ4n) is 2.40. The molecule has 3 N–H and O–H groups in total. The Morgan fingerprint density at radius 1 is 1.43 bits per heavy atom. The third-order valence-electron chi connectivity index (χ3n) is 3.52. The van der Waals surface area contributed by atoms with Crippen LogP contribution in [-0.2, 0) is 0 Å². The molecule has 1 heterocycles. The summed E-state index contributed by atoms with van der Waals surface area (Å²) in [7, 11) is 0. The Morgan fingerprint density at radius 2 is 2.19 bits per heavy atom. The van der Waals surface area contributed by atoms with E-state index < -0.39 is 5.97 Å². The largest absolute Gasteiger partial charge is 0.478 e. The number of urea groups is 1. The van der Waals surface area contributed by atoms with E-state index in [-0.39, 0.29) is 29.8 Å². The highest BCUT2D eigenvalue weighted by Gasteiger charge is 2.24. The second kappa shape index (κ2) is 6.78. The molecular weight excluding hydrogens is 296 g/mol. The van der Waals surface area contributed by atoms with Crippen molar-refractivity contribution in [2.45, 2.75) is 12.8 Å². The molecule has 1 aliphatic rings. The van der Waals surface area contributed by atoms with E-state index in [9.17, 15) is 14.7 Å². The lowest BCUT2D eigenvalue weighted by Crippen LogP contribution is -2.43. The molecule has 1 unspecified atom stereocenters. The molecule has 6 nitrogen and oxygen atoms in total. The van der Waals surface area contributed by atoms with Gasteiger partial charge >= 0.3 is 12.0 Å². The van der Waals surface area contributed by atoms with Gasteiger partial charge in [0, 0.05) is 24.7 Å². The Bertz CT molecular complexity index is 550. The second-order valence-corrected chi connectivity index (χ2v) is 5.50. The molecule has 0 saturated carbocycles. The third-order valence-corrected chi connectivity index (χ3v) is 3.75. The van der Waals surface area contributed by atoms with Crippen LogP contribution in [0, 0.1) is 5.92 Å². The van der Waals surface area contributed by atoms with Crippen LogP contribution in [0.1, 0.15) is 23.2 Å². The first kappa shape index (κ1) is 15.6. The number of aliphatic hydroxyl groups is 1. The van der Waals surface area contributed by atoms with Gasteiger partial charge in [-0.3, -0.25) is 0 Å². The number of hydrogen-bond donors (Lipinski definition) is 3. The smallest absolute Gasteiger partial charge is 0.337 e. The van der Waals surface area contributed by atoms with Crippen molar-refractivity contribution in [1.82, 2.24) is 4.90 Å². The summed E-state index contributed by atoms with van der Waals surface area (Å²) in [5.41, 5.74) is 0.162. The van der Waals surface area contributed by atoms with Crippen LogP contribution >= 0.6 is 11.6 Å². The maximum atomic E-state index is 12.2. The van der Waals surface area contributed by atoms with Crippen LogP contribution in [0.25, 0.3) is 0 Å². The van der Waals surface area contributed by atoms with Crippen molar-refractivity contribution in [1.29, 1.82) is 0 Å². The number of benzene rings is 1. The lowest BCUT2D eigenvalue weighted by Gasteiger charge is -2.32. The second-order valence-electron chi connectivity index (χ2n) is 5.06. The SMILES string of the molecule is O=C(O)c1cc(Cl)ccc1NC(=O)N1CCCC(CO)C1. The number of carbonyl (C=O) groups excluding carboxylic acids is 1. The standard InChI is InChI=1S/C14H17ClN2O4/c15-10-3-4-12(11(6-10)13(19)20)16-14(21)17-5-1-2-9(7-17)8-18/h3-4,6,9,18H,1-2,5,7-8H2,(H,16,21)(H,19,20). The zero-order valence-electron chi connectivity index (χ0n) is 11.4. The Labute approximate surface area is 127 Å². The fraction of sp³-hybridized carbons (Fsp3) is 0.429. The minimum absolute atomic E-state index is 0.0467. The van der Waals surface area contributed by atoms with Gasteiger partial charge in [0.15, 0.2) is 0 Å². The number of aliphatic hydroxyl groups excluding tert-OH is 1. The number of halogens is 1. The number of rotatable bonds is 3. The topological polar surface area (TPSA) is 89.9 Å². The van der Waals surface area contributed by atoms with E-state index in [4.69, 9.17) is 16.7 Å². The molecule has 0 aromatic heterocycles. The Balaban J connectivity index is 2.11. The number of carboxylic acid groups (broad SMARTS) is 1. The highest BCUT2D eigenvalue weighted by Crippen LogP contribution is 2.22. The normalized spacial score (nSPS) is 18.4. The van der Waals surface area contributed by atoms with E-state index in [0.29, 0.717) is 18.1 Å². The Hall–Kier alpha value is -1.79. The van der Waals surface area contributed by atoms with Gasteiger partial charge in [-0.25, -0.2) is 9.59 Å². The molecule has 0 bridgehead atoms. The number of aromatic carboxylic acids is 1. The summed E-state index contributed by atoms with van der Waals surface area (Å²) in [5, 5.41) is 21.2. The number of hydrogen-bond acceptors (Lipinski definition) is 3. The number of nitrogens with one attached hydrogen (secondary N) is 1. The molecule has 1 atom stereocenters. The van der Waals surface area contributed by atoms with Crippen LogP contribution in [0.3, 0.4) is 0 Å². The van der Waals surface area contributed by atoms with Gasteiger partial charge in [-0.1, -0.05) is 11.6 Å². The minimum Gasteiger partial charge on any atom is -0.478 e.